The molecule has 5 aromatic rings. The van der Waals surface area contributed by atoms with Gasteiger partial charge >= 0.3 is 0 Å². The molecule has 0 aliphatic rings. The van der Waals surface area contributed by atoms with E-state index in [9.17, 15) is 9.59 Å². The SMILES string of the molecule is Cc1ccc(C(=O)N(CCN)C(c2nc3c(oc4ccccc43)c(=O)n2Cc2ccccc2)C(C)C)cc1. The molecular formula is C31H32N4O3. The molecule has 3 aromatic carbocycles. The zero-order valence-electron chi connectivity index (χ0n) is 21.9. The van der Waals surface area contributed by atoms with Gasteiger partial charge in [0.25, 0.3) is 11.5 Å². The lowest BCUT2D eigenvalue weighted by atomic mass is 9.99. The summed E-state index contributed by atoms with van der Waals surface area (Å²) in [5.41, 5.74) is 9.67. The Balaban J connectivity index is 1.75. The van der Waals surface area contributed by atoms with Crippen LogP contribution in [0.15, 0.2) is 88.1 Å². The minimum atomic E-state index is -0.498. The molecular weight excluding hydrogens is 476 g/mol. The summed E-state index contributed by atoms with van der Waals surface area (Å²) in [5, 5.41) is 0.769. The molecule has 7 nitrogen and oxygen atoms in total. The average molecular weight is 509 g/mol. The topological polar surface area (TPSA) is 94.4 Å². The summed E-state index contributed by atoms with van der Waals surface area (Å²) >= 11 is 0. The second-order valence-electron chi connectivity index (χ2n) is 9.96. The van der Waals surface area contributed by atoms with E-state index in [-0.39, 0.29) is 29.5 Å². The molecule has 194 valence electrons. The summed E-state index contributed by atoms with van der Waals surface area (Å²) in [6, 6.07) is 24.3. The van der Waals surface area contributed by atoms with Crippen LogP contribution in [0.25, 0.3) is 22.1 Å². The first-order valence-electron chi connectivity index (χ1n) is 12.9. The van der Waals surface area contributed by atoms with Crippen molar-refractivity contribution in [2.45, 2.75) is 33.4 Å². The average Bonchev–Trinajstić information content (AvgIpc) is 3.30. The van der Waals surface area contributed by atoms with Crippen molar-refractivity contribution in [2.75, 3.05) is 13.1 Å². The number of amides is 1. The van der Waals surface area contributed by atoms with Gasteiger partial charge in [0.15, 0.2) is 0 Å². The third-order valence-corrected chi connectivity index (χ3v) is 6.86. The third-order valence-electron chi connectivity index (χ3n) is 6.86. The van der Waals surface area contributed by atoms with Gasteiger partial charge in [0.2, 0.25) is 5.58 Å². The predicted octanol–water partition coefficient (Wildman–Crippen LogP) is 5.30. The number of aromatic nitrogens is 2. The Kier molecular flexibility index (Phi) is 7.11. The van der Waals surface area contributed by atoms with Crippen LogP contribution >= 0.6 is 0 Å². The molecule has 5 rings (SSSR count). The highest BCUT2D eigenvalue weighted by molar-refractivity contribution is 6.02. The van der Waals surface area contributed by atoms with E-state index in [0.717, 1.165) is 16.5 Å². The maximum Gasteiger partial charge on any atom is 0.297 e. The fourth-order valence-electron chi connectivity index (χ4n) is 5.00. The molecule has 2 N–H and O–H groups in total. The van der Waals surface area contributed by atoms with Crippen LogP contribution in [0.2, 0.25) is 0 Å². The molecule has 0 aliphatic heterocycles. The Labute approximate surface area is 221 Å². The number of nitrogens with zero attached hydrogens (tertiary/aromatic N) is 3. The van der Waals surface area contributed by atoms with Gasteiger partial charge in [0, 0.05) is 24.0 Å². The number of fused-ring (bicyclic) bond motifs is 3. The Hall–Kier alpha value is -4.23. The Morgan fingerprint density at radius 2 is 1.68 bits per heavy atom. The van der Waals surface area contributed by atoms with E-state index in [1.807, 2.05) is 99.6 Å². The third kappa shape index (κ3) is 4.73. The van der Waals surface area contributed by atoms with Gasteiger partial charge in [-0.15, -0.1) is 0 Å². The van der Waals surface area contributed by atoms with Crippen molar-refractivity contribution < 1.29 is 9.21 Å². The highest BCUT2D eigenvalue weighted by Crippen LogP contribution is 2.32. The first-order chi connectivity index (χ1) is 18.4. The number of carbonyl (C=O) groups is 1. The van der Waals surface area contributed by atoms with Gasteiger partial charge in [-0.05, 0) is 42.7 Å². The van der Waals surface area contributed by atoms with E-state index in [2.05, 4.69) is 0 Å². The summed E-state index contributed by atoms with van der Waals surface area (Å²) in [7, 11) is 0. The van der Waals surface area contributed by atoms with E-state index >= 15 is 0 Å². The molecule has 7 heteroatoms. The Morgan fingerprint density at radius 3 is 2.37 bits per heavy atom. The number of nitrogens with two attached hydrogens (primary N) is 1. The first-order valence-corrected chi connectivity index (χ1v) is 12.9. The molecule has 1 unspecified atom stereocenters. The lowest BCUT2D eigenvalue weighted by Gasteiger charge is -2.35. The van der Waals surface area contributed by atoms with Crippen molar-refractivity contribution in [1.29, 1.82) is 0 Å². The number of benzene rings is 3. The lowest BCUT2D eigenvalue weighted by Crippen LogP contribution is -2.43. The number of carbonyl (C=O) groups excluding carboxylic acids is 1. The summed E-state index contributed by atoms with van der Waals surface area (Å²) in [4.78, 5) is 34.7. The smallest absolute Gasteiger partial charge is 0.297 e. The van der Waals surface area contributed by atoms with Crippen LogP contribution in [0.3, 0.4) is 0 Å². The van der Waals surface area contributed by atoms with Crippen molar-refractivity contribution in [3.63, 3.8) is 0 Å². The van der Waals surface area contributed by atoms with Crippen molar-refractivity contribution in [2.24, 2.45) is 11.7 Å². The quantitative estimate of drug-likeness (QED) is 0.307. The largest absolute Gasteiger partial charge is 0.448 e. The minimum Gasteiger partial charge on any atom is -0.448 e. The number of furan rings is 1. The zero-order valence-corrected chi connectivity index (χ0v) is 21.9. The Bertz CT molecular complexity index is 1640. The molecule has 1 atom stereocenters. The molecule has 0 bridgehead atoms. The van der Waals surface area contributed by atoms with Gasteiger partial charge in [0.1, 0.15) is 16.9 Å². The fraction of sp³-hybridized carbons (Fsp3) is 0.258. The van der Waals surface area contributed by atoms with E-state index < -0.39 is 6.04 Å². The van der Waals surface area contributed by atoms with Crippen LogP contribution in [0.1, 0.15) is 47.2 Å². The van der Waals surface area contributed by atoms with Gasteiger partial charge in [0.05, 0.1) is 12.6 Å². The molecule has 0 spiro atoms. The highest BCUT2D eigenvalue weighted by atomic mass is 16.3. The normalized spacial score (nSPS) is 12.3. The van der Waals surface area contributed by atoms with Crippen LogP contribution in [0, 0.1) is 12.8 Å². The standard InChI is InChI=1S/C31H32N4O3/c1-20(2)27(34(18-17-32)30(36)23-15-13-21(3)14-16-23)29-33-26-24-11-7-8-12-25(24)38-28(26)31(37)35(29)19-22-9-5-4-6-10-22/h4-16,20,27H,17-19,32H2,1-3H3. The number of hydrogen-bond donors (Lipinski definition) is 1. The van der Waals surface area contributed by atoms with Gasteiger partial charge in [-0.25, -0.2) is 4.98 Å². The molecule has 0 aliphatic carbocycles. The monoisotopic (exact) mass is 508 g/mol. The lowest BCUT2D eigenvalue weighted by molar-refractivity contribution is 0.0612. The van der Waals surface area contributed by atoms with Crippen molar-refractivity contribution in [3.05, 3.63) is 112 Å². The molecule has 2 aromatic heterocycles. The molecule has 0 radical (unpaired) electrons. The number of rotatable bonds is 8. The Morgan fingerprint density at radius 1 is 1.00 bits per heavy atom. The minimum absolute atomic E-state index is 0.0551. The predicted molar refractivity (Wildman–Crippen MR) is 150 cm³/mol. The van der Waals surface area contributed by atoms with Crippen LogP contribution < -0.4 is 11.3 Å². The molecule has 1 amide bonds. The van der Waals surface area contributed by atoms with Gasteiger partial charge in [-0.3, -0.25) is 14.2 Å². The molecule has 38 heavy (non-hydrogen) atoms. The first kappa shape index (κ1) is 25.4. The number of aryl methyl sites for hydroxylation is 1. The second kappa shape index (κ2) is 10.6. The van der Waals surface area contributed by atoms with Gasteiger partial charge in [-0.1, -0.05) is 74.0 Å². The molecule has 0 fully saturated rings. The van der Waals surface area contributed by atoms with Crippen LogP contribution in [-0.2, 0) is 6.54 Å². The van der Waals surface area contributed by atoms with Crippen molar-refractivity contribution >= 4 is 28.0 Å². The van der Waals surface area contributed by atoms with E-state index in [1.54, 1.807) is 9.47 Å². The summed E-state index contributed by atoms with van der Waals surface area (Å²) in [6.07, 6.45) is 0. The zero-order chi connectivity index (χ0) is 26.8. The van der Waals surface area contributed by atoms with Crippen LogP contribution in [0.5, 0.6) is 0 Å². The summed E-state index contributed by atoms with van der Waals surface area (Å²) in [5.74, 6) is 0.314. The maximum atomic E-state index is 14.0. The van der Waals surface area contributed by atoms with E-state index in [4.69, 9.17) is 15.1 Å². The molecule has 0 saturated carbocycles. The van der Waals surface area contributed by atoms with Crippen molar-refractivity contribution in [1.82, 2.24) is 14.5 Å². The maximum absolute atomic E-state index is 14.0. The summed E-state index contributed by atoms with van der Waals surface area (Å²) < 4.78 is 7.65. The number of hydrogen-bond acceptors (Lipinski definition) is 5. The highest BCUT2D eigenvalue weighted by Gasteiger charge is 2.33. The van der Waals surface area contributed by atoms with Crippen molar-refractivity contribution in [3.8, 4) is 0 Å². The van der Waals surface area contributed by atoms with Gasteiger partial charge < -0.3 is 15.1 Å². The molecule has 2 heterocycles. The fourth-order valence-corrected chi connectivity index (χ4v) is 5.00. The molecule has 0 saturated heterocycles. The second-order valence-corrected chi connectivity index (χ2v) is 9.96. The van der Waals surface area contributed by atoms with Gasteiger partial charge in [-0.2, -0.15) is 0 Å². The van der Waals surface area contributed by atoms with Crippen LogP contribution in [0.4, 0.5) is 0 Å². The van der Waals surface area contributed by atoms with E-state index in [1.165, 1.54) is 0 Å². The number of para-hydroxylation sites is 1. The van der Waals surface area contributed by atoms with Crippen LogP contribution in [-0.4, -0.2) is 33.4 Å². The van der Waals surface area contributed by atoms with E-state index in [0.29, 0.717) is 35.6 Å². The summed E-state index contributed by atoms with van der Waals surface area (Å²) in [6.45, 7) is 6.95.